The summed E-state index contributed by atoms with van der Waals surface area (Å²) >= 11 is 0. The smallest absolute Gasteiger partial charge is 0.272 e. The molecular weight excluding hydrogens is 270 g/mol. The van der Waals surface area contributed by atoms with Gasteiger partial charge in [-0.1, -0.05) is 25.0 Å². The topological polar surface area (TPSA) is 75.5 Å². The zero-order valence-electron chi connectivity index (χ0n) is 12.3. The van der Waals surface area contributed by atoms with Gasteiger partial charge in [-0.25, -0.2) is 0 Å². The van der Waals surface area contributed by atoms with E-state index in [4.69, 9.17) is 0 Å². The van der Waals surface area contributed by atoms with Gasteiger partial charge in [-0.2, -0.15) is 0 Å². The fourth-order valence-electron chi connectivity index (χ4n) is 3.51. The molecule has 1 atom stereocenters. The number of carbonyl (C=O) groups is 1. The summed E-state index contributed by atoms with van der Waals surface area (Å²) in [7, 11) is 1.76. The molecule has 21 heavy (non-hydrogen) atoms. The number of benzene rings is 1. The van der Waals surface area contributed by atoms with E-state index in [2.05, 4.69) is 5.32 Å². The fraction of sp³-hybridized carbons (Fsp3) is 0.533. The highest BCUT2D eigenvalue weighted by Gasteiger charge is 2.51. The number of likely N-dealkylation sites (N-methyl/N-ethyl adjacent to an activating group) is 1. The van der Waals surface area contributed by atoms with Crippen LogP contribution in [0.2, 0.25) is 0 Å². The first kappa shape index (κ1) is 14.0. The summed E-state index contributed by atoms with van der Waals surface area (Å²) in [4.78, 5) is 24.9. The maximum Gasteiger partial charge on any atom is 0.272 e. The summed E-state index contributed by atoms with van der Waals surface area (Å²) in [5.41, 5.74) is 1.04. The summed E-state index contributed by atoms with van der Waals surface area (Å²) in [5.74, 6) is 0.105. The Morgan fingerprint density at radius 2 is 2.05 bits per heavy atom. The van der Waals surface area contributed by atoms with Crippen molar-refractivity contribution in [3.63, 3.8) is 0 Å². The van der Waals surface area contributed by atoms with Crippen molar-refractivity contribution in [3.8, 4) is 0 Å². The minimum atomic E-state index is -0.459. The average molecular weight is 289 g/mol. The van der Waals surface area contributed by atoms with Crippen molar-refractivity contribution in [2.45, 2.75) is 44.3 Å². The van der Waals surface area contributed by atoms with Crippen LogP contribution in [-0.4, -0.2) is 28.3 Å². The lowest BCUT2D eigenvalue weighted by Crippen LogP contribution is -2.43. The SMILES string of the molecule is Cc1ccc(C2NC3(CCCC3)C(=O)N2C)cc1[N+](=O)[O-]. The van der Waals surface area contributed by atoms with E-state index in [1.54, 1.807) is 31.0 Å². The highest BCUT2D eigenvalue weighted by molar-refractivity contribution is 5.89. The predicted molar refractivity (Wildman–Crippen MR) is 77.7 cm³/mol. The van der Waals surface area contributed by atoms with E-state index in [0.717, 1.165) is 31.2 Å². The van der Waals surface area contributed by atoms with Gasteiger partial charge >= 0.3 is 0 Å². The Bertz CT molecular complexity index is 608. The minimum Gasteiger partial charge on any atom is -0.324 e. The van der Waals surface area contributed by atoms with Crippen LogP contribution in [0.1, 0.15) is 43.0 Å². The van der Waals surface area contributed by atoms with Crippen molar-refractivity contribution in [2.75, 3.05) is 7.05 Å². The van der Waals surface area contributed by atoms with Crippen LogP contribution in [-0.2, 0) is 4.79 Å². The largest absolute Gasteiger partial charge is 0.324 e. The molecule has 3 rings (SSSR count). The standard InChI is InChI=1S/C15H19N3O3/c1-10-5-6-11(9-12(10)18(20)21)13-16-15(7-3-4-8-15)14(19)17(13)2/h5-6,9,13,16H,3-4,7-8H2,1-2H3. The molecule has 1 unspecified atom stereocenters. The molecule has 112 valence electrons. The Morgan fingerprint density at radius 1 is 1.38 bits per heavy atom. The molecule has 0 bridgehead atoms. The summed E-state index contributed by atoms with van der Waals surface area (Å²) in [6.07, 6.45) is 3.51. The van der Waals surface area contributed by atoms with Gasteiger partial charge in [-0.15, -0.1) is 0 Å². The van der Waals surface area contributed by atoms with Crippen molar-refractivity contribution in [2.24, 2.45) is 0 Å². The van der Waals surface area contributed by atoms with E-state index in [1.165, 1.54) is 0 Å². The quantitative estimate of drug-likeness (QED) is 0.669. The lowest BCUT2D eigenvalue weighted by Gasteiger charge is -2.21. The maximum absolute atomic E-state index is 12.5. The molecule has 1 aliphatic heterocycles. The van der Waals surface area contributed by atoms with Gasteiger partial charge in [-0.3, -0.25) is 20.2 Å². The average Bonchev–Trinajstić information content (AvgIpc) is 3.01. The Kier molecular flexibility index (Phi) is 3.20. The number of nitrogens with zero attached hydrogens (tertiary/aromatic N) is 2. The van der Waals surface area contributed by atoms with Gasteiger partial charge in [0, 0.05) is 18.7 Å². The third kappa shape index (κ3) is 2.10. The minimum absolute atomic E-state index is 0.0996. The van der Waals surface area contributed by atoms with Crippen LogP contribution in [0, 0.1) is 17.0 Å². The molecule has 1 aromatic carbocycles. The molecule has 1 aliphatic carbocycles. The first-order chi connectivity index (χ1) is 9.94. The molecule has 1 heterocycles. The number of aryl methyl sites for hydroxylation is 1. The van der Waals surface area contributed by atoms with Crippen molar-refractivity contribution in [1.82, 2.24) is 10.2 Å². The van der Waals surface area contributed by atoms with Gasteiger partial charge in [0.1, 0.15) is 6.17 Å². The number of nitro groups is 1. The first-order valence-electron chi connectivity index (χ1n) is 7.24. The van der Waals surface area contributed by atoms with Crippen LogP contribution in [0.5, 0.6) is 0 Å². The second kappa shape index (κ2) is 4.80. The third-order valence-electron chi connectivity index (χ3n) is 4.73. The Labute approximate surface area is 123 Å². The molecule has 1 spiro atoms. The van der Waals surface area contributed by atoms with Crippen molar-refractivity contribution in [1.29, 1.82) is 0 Å². The summed E-state index contributed by atoms with van der Waals surface area (Å²) in [6, 6.07) is 5.18. The van der Waals surface area contributed by atoms with Gasteiger partial charge in [-0.05, 0) is 25.3 Å². The molecule has 1 amide bonds. The van der Waals surface area contributed by atoms with Crippen LogP contribution >= 0.6 is 0 Å². The molecule has 1 aromatic rings. The summed E-state index contributed by atoms with van der Waals surface area (Å²) in [5, 5.41) is 14.5. The van der Waals surface area contributed by atoms with Crippen molar-refractivity contribution >= 4 is 11.6 Å². The second-order valence-electron chi connectivity index (χ2n) is 6.06. The number of rotatable bonds is 2. The van der Waals surface area contributed by atoms with Gasteiger partial charge in [0.05, 0.1) is 10.5 Å². The van der Waals surface area contributed by atoms with Crippen LogP contribution in [0.25, 0.3) is 0 Å². The van der Waals surface area contributed by atoms with Crippen molar-refractivity contribution in [3.05, 3.63) is 39.4 Å². The van der Waals surface area contributed by atoms with E-state index in [-0.39, 0.29) is 22.7 Å². The molecule has 2 fully saturated rings. The summed E-state index contributed by atoms with van der Waals surface area (Å²) < 4.78 is 0. The Balaban J connectivity index is 1.96. The Morgan fingerprint density at radius 3 is 2.67 bits per heavy atom. The monoisotopic (exact) mass is 289 g/mol. The van der Waals surface area contributed by atoms with Crippen molar-refractivity contribution < 1.29 is 9.72 Å². The number of hydrogen-bond acceptors (Lipinski definition) is 4. The third-order valence-corrected chi connectivity index (χ3v) is 4.73. The zero-order valence-corrected chi connectivity index (χ0v) is 12.3. The molecule has 1 saturated carbocycles. The number of carbonyl (C=O) groups excluding carboxylic acids is 1. The van der Waals surface area contributed by atoms with E-state index < -0.39 is 5.54 Å². The lowest BCUT2D eigenvalue weighted by molar-refractivity contribution is -0.385. The van der Waals surface area contributed by atoms with E-state index in [9.17, 15) is 14.9 Å². The van der Waals surface area contributed by atoms with E-state index in [1.807, 2.05) is 6.07 Å². The molecule has 1 saturated heterocycles. The number of hydrogen-bond donors (Lipinski definition) is 1. The highest BCUT2D eigenvalue weighted by atomic mass is 16.6. The van der Waals surface area contributed by atoms with Crippen LogP contribution < -0.4 is 5.32 Å². The predicted octanol–water partition coefficient (Wildman–Crippen LogP) is 2.28. The number of amides is 1. The zero-order chi connectivity index (χ0) is 15.2. The fourth-order valence-corrected chi connectivity index (χ4v) is 3.51. The van der Waals surface area contributed by atoms with Crippen LogP contribution in [0.4, 0.5) is 5.69 Å². The molecule has 1 N–H and O–H groups in total. The Hall–Kier alpha value is -1.95. The highest BCUT2D eigenvalue weighted by Crippen LogP contribution is 2.40. The van der Waals surface area contributed by atoms with Crippen LogP contribution in [0.3, 0.4) is 0 Å². The van der Waals surface area contributed by atoms with Gasteiger partial charge in [0.25, 0.3) is 5.69 Å². The number of nitrogens with one attached hydrogen (secondary N) is 1. The number of nitro benzene ring substituents is 1. The molecule has 0 radical (unpaired) electrons. The van der Waals surface area contributed by atoms with E-state index >= 15 is 0 Å². The molecule has 6 heteroatoms. The molecule has 6 nitrogen and oxygen atoms in total. The van der Waals surface area contributed by atoms with Gasteiger partial charge in [0.2, 0.25) is 5.91 Å². The summed E-state index contributed by atoms with van der Waals surface area (Å²) in [6.45, 7) is 1.72. The van der Waals surface area contributed by atoms with Crippen LogP contribution in [0.15, 0.2) is 18.2 Å². The second-order valence-corrected chi connectivity index (χ2v) is 6.06. The molecule has 0 aromatic heterocycles. The maximum atomic E-state index is 12.5. The first-order valence-corrected chi connectivity index (χ1v) is 7.24. The lowest BCUT2D eigenvalue weighted by atomic mass is 9.98. The normalized spacial score (nSPS) is 24.0. The molecule has 2 aliphatic rings. The van der Waals surface area contributed by atoms with Gasteiger partial charge < -0.3 is 4.90 Å². The van der Waals surface area contributed by atoms with E-state index in [0.29, 0.717) is 5.56 Å². The molecular formula is C15H19N3O3. The van der Waals surface area contributed by atoms with Gasteiger partial charge in [0.15, 0.2) is 0 Å².